The normalized spacial score (nSPS) is 14.9. The van der Waals surface area contributed by atoms with Crippen LogP contribution in [-0.4, -0.2) is 41.9 Å². The Labute approximate surface area is 111 Å². The molecule has 0 unspecified atom stereocenters. The van der Waals surface area contributed by atoms with Crippen LogP contribution in [0.3, 0.4) is 0 Å². The molecule has 1 aliphatic heterocycles. The van der Waals surface area contributed by atoms with E-state index < -0.39 is 5.97 Å². The second kappa shape index (κ2) is 5.40. The molecule has 1 aliphatic rings. The summed E-state index contributed by atoms with van der Waals surface area (Å²) in [5, 5.41) is 10.3. The number of carbonyl (C=O) groups excluding carboxylic acids is 2. The minimum absolute atomic E-state index is 0.285. The Kier molecular flexibility index (Phi) is 3.84. The van der Waals surface area contributed by atoms with Crippen LogP contribution in [0.1, 0.15) is 23.7 Å². The molecule has 0 spiro atoms. The molecule has 1 aromatic rings. The summed E-state index contributed by atoms with van der Waals surface area (Å²) in [6.07, 6.45) is -0.285. The Bertz CT molecular complexity index is 505. The van der Waals surface area contributed by atoms with Crippen molar-refractivity contribution in [3.8, 4) is 0 Å². The van der Waals surface area contributed by atoms with Gasteiger partial charge in [0.05, 0.1) is 24.2 Å². The van der Waals surface area contributed by atoms with Gasteiger partial charge >= 0.3 is 5.97 Å². The lowest BCUT2D eigenvalue weighted by Crippen LogP contribution is -2.41. The molecule has 7 heteroatoms. The Hall–Kier alpha value is -1.89. The highest BCUT2D eigenvalue weighted by atomic mass is 16.5. The smallest absolute Gasteiger partial charge is 0.315 e. The first-order chi connectivity index (χ1) is 9.02. The van der Waals surface area contributed by atoms with Gasteiger partial charge in [-0.1, -0.05) is 0 Å². The third-order valence-corrected chi connectivity index (χ3v) is 3.23. The molecule has 1 amide bonds. The van der Waals surface area contributed by atoms with E-state index in [0.29, 0.717) is 11.6 Å². The lowest BCUT2D eigenvalue weighted by Gasteiger charge is -2.28. The van der Waals surface area contributed by atoms with Crippen molar-refractivity contribution in [3.05, 3.63) is 11.4 Å². The molecule has 2 N–H and O–H groups in total. The van der Waals surface area contributed by atoms with Crippen molar-refractivity contribution in [1.29, 1.82) is 0 Å². The lowest BCUT2D eigenvalue weighted by molar-refractivity contribution is -0.142. The fourth-order valence-electron chi connectivity index (χ4n) is 2.17. The van der Waals surface area contributed by atoms with Crippen LogP contribution in [0.2, 0.25) is 0 Å². The van der Waals surface area contributed by atoms with Crippen molar-refractivity contribution in [3.63, 3.8) is 0 Å². The summed E-state index contributed by atoms with van der Waals surface area (Å²) < 4.78 is 6.26. The van der Waals surface area contributed by atoms with Gasteiger partial charge in [0.1, 0.15) is 6.42 Å². The van der Waals surface area contributed by atoms with Crippen LogP contribution < -0.4 is 10.6 Å². The SMILES string of the molecule is COC(=O)CC(=O)Nc1c(C)nn(C)c1C1CNC1. The largest absolute Gasteiger partial charge is 0.469 e. The van der Waals surface area contributed by atoms with Crippen LogP contribution in [0.25, 0.3) is 0 Å². The number of methoxy groups -OCH3 is 1. The highest BCUT2D eigenvalue weighted by Gasteiger charge is 2.28. The lowest BCUT2D eigenvalue weighted by atomic mass is 9.97. The van der Waals surface area contributed by atoms with Crippen LogP contribution in [0.5, 0.6) is 0 Å². The Morgan fingerprint density at radius 1 is 1.53 bits per heavy atom. The van der Waals surface area contributed by atoms with Gasteiger partial charge in [-0.2, -0.15) is 5.10 Å². The molecule has 1 saturated heterocycles. The number of aryl methyl sites for hydroxylation is 2. The molecular weight excluding hydrogens is 248 g/mol. The fraction of sp³-hybridized carbons (Fsp3) is 0.583. The van der Waals surface area contributed by atoms with Gasteiger partial charge in [-0.3, -0.25) is 14.3 Å². The van der Waals surface area contributed by atoms with Gasteiger partial charge in [0, 0.05) is 26.1 Å². The Balaban J connectivity index is 2.15. The molecule has 19 heavy (non-hydrogen) atoms. The fourth-order valence-corrected chi connectivity index (χ4v) is 2.17. The van der Waals surface area contributed by atoms with E-state index >= 15 is 0 Å². The number of carbonyl (C=O) groups is 2. The molecule has 0 saturated carbocycles. The van der Waals surface area contributed by atoms with E-state index in [-0.39, 0.29) is 12.3 Å². The van der Waals surface area contributed by atoms with E-state index in [9.17, 15) is 9.59 Å². The summed E-state index contributed by atoms with van der Waals surface area (Å²) in [5.74, 6) is -0.581. The van der Waals surface area contributed by atoms with E-state index in [1.54, 1.807) is 4.68 Å². The summed E-state index contributed by atoms with van der Waals surface area (Å²) >= 11 is 0. The van der Waals surface area contributed by atoms with E-state index in [0.717, 1.165) is 24.5 Å². The van der Waals surface area contributed by atoms with Crippen molar-refractivity contribution < 1.29 is 14.3 Å². The van der Waals surface area contributed by atoms with Crippen molar-refractivity contribution in [2.45, 2.75) is 19.3 Å². The molecule has 2 rings (SSSR count). The van der Waals surface area contributed by atoms with Crippen LogP contribution in [-0.2, 0) is 21.4 Å². The molecule has 0 aromatic carbocycles. The molecule has 0 aliphatic carbocycles. The zero-order chi connectivity index (χ0) is 14.0. The number of hydrogen-bond donors (Lipinski definition) is 2. The summed E-state index contributed by atoms with van der Waals surface area (Å²) in [7, 11) is 3.12. The maximum Gasteiger partial charge on any atom is 0.315 e. The number of anilines is 1. The first-order valence-corrected chi connectivity index (χ1v) is 6.13. The minimum atomic E-state index is -0.550. The monoisotopic (exact) mass is 266 g/mol. The highest BCUT2D eigenvalue weighted by molar-refractivity contribution is 6.02. The molecule has 104 valence electrons. The number of ether oxygens (including phenoxy) is 1. The molecule has 2 heterocycles. The average Bonchev–Trinajstić information content (AvgIpc) is 2.54. The summed E-state index contributed by atoms with van der Waals surface area (Å²) in [6, 6.07) is 0. The van der Waals surface area contributed by atoms with Crippen molar-refractivity contribution in [2.75, 3.05) is 25.5 Å². The maximum absolute atomic E-state index is 11.8. The number of amides is 1. The molecule has 1 aromatic heterocycles. The summed E-state index contributed by atoms with van der Waals surface area (Å²) in [4.78, 5) is 22.8. The van der Waals surface area contributed by atoms with Crippen molar-refractivity contribution in [1.82, 2.24) is 15.1 Å². The van der Waals surface area contributed by atoms with Gasteiger partial charge in [-0.15, -0.1) is 0 Å². The average molecular weight is 266 g/mol. The second-order valence-electron chi connectivity index (χ2n) is 4.63. The first kappa shape index (κ1) is 13.5. The molecule has 0 radical (unpaired) electrons. The minimum Gasteiger partial charge on any atom is -0.469 e. The molecule has 0 atom stereocenters. The molecular formula is C12H18N4O3. The number of hydrogen-bond acceptors (Lipinski definition) is 5. The van der Waals surface area contributed by atoms with Gasteiger partial charge < -0.3 is 15.4 Å². The van der Waals surface area contributed by atoms with Crippen LogP contribution in [0.15, 0.2) is 0 Å². The van der Waals surface area contributed by atoms with Gasteiger partial charge in [-0.25, -0.2) is 0 Å². The van der Waals surface area contributed by atoms with E-state index in [1.165, 1.54) is 7.11 Å². The third kappa shape index (κ3) is 2.76. The number of aromatic nitrogens is 2. The standard InChI is InChI=1S/C12H18N4O3/c1-7-11(14-9(17)4-10(18)19-3)12(16(2)15-7)8-5-13-6-8/h8,13H,4-6H2,1-3H3,(H,14,17). The maximum atomic E-state index is 11.8. The van der Waals surface area contributed by atoms with Crippen molar-refractivity contribution in [2.24, 2.45) is 7.05 Å². The number of rotatable bonds is 4. The Morgan fingerprint density at radius 2 is 2.21 bits per heavy atom. The van der Waals surface area contributed by atoms with Crippen molar-refractivity contribution >= 4 is 17.6 Å². The van der Waals surface area contributed by atoms with E-state index in [4.69, 9.17) is 0 Å². The zero-order valence-corrected chi connectivity index (χ0v) is 11.3. The van der Waals surface area contributed by atoms with Gasteiger partial charge in [0.15, 0.2) is 0 Å². The van der Waals surface area contributed by atoms with Gasteiger partial charge in [0.2, 0.25) is 5.91 Å². The van der Waals surface area contributed by atoms with Gasteiger partial charge in [-0.05, 0) is 6.92 Å². The predicted molar refractivity (Wildman–Crippen MR) is 68.8 cm³/mol. The van der Waals surface area contributed by atoms with Gasteiger partial charge in [0.25, 0.3) is 0 Å². The number of esters is 1. The third-order valence-electron chi connectivity index (χ3n) is 3.23. The summed E-state index contributed by atoms with van der Waals surface area (Å²) in [6.45, 7) is 3.58. The molecule has 7 nitrogen and oxygen atoms in total. The topological polar surface area (TPSA) is 85.2 Å². The van der Waals surface area contributed by atoms with Crippen LogP contribution >= 0.6 is 0 Å². The number of nitrogens with zero attached hydrogens (tertiary/aromatic N) is 2. The second-order valence-corrected chi connectivity index (χ2v) is 4.63. The van der Waals surface area contributed by atoms with Crippen LogP contribution in [0, 0.1) is 6.92 Å². The molecule has 1 fully saturated rings. The van der Waals surface area contributed by atoms with E-state index in [2.05, 4.69) is 20.5 Å². The quantitative estimate of drug-likeness (QED) is 0.588. The highest BCUT2D eigenvalue weighted by Crippen LogP contribution is 2.29. The predicted octanol–water partition coefficient (Wildman–Crippen LogP) is -0.0831. The Morgan fingerprint density at radius 3 is 2.74 bits per heavy atom. The van der Waals surface area contributed by atoms with E-state index in [1.807, 2.05) is 14.0 Å². The zero-order valence-electron chi connectivity index (χ0n) is 11.3. The summed E-state index contributed by atoms with van der Waals surface area (Å²) in [5.41, 5.74) is 2.46. The molecule has 0 bridgehead atoms. The van der Waals surface area contributed by atoms with Crippen LogP contribution in [0.4, 0.5) is 5.69 Å². The first-order valence-electron chi connectivity index (χ1n) is 6.13. The number of nitrogens with one attached hydrogen (secondary N) is 2.